The van der Waals surface area contributed by atoms with E-state index in [9.17, 15) is 19.5 Å². The van der Waals surface area contributed by atoms with Crippen molar-refractivity contribution in [1.82, 2.24) is 4.98 Å². The summed E-state index contributed by atoms with van der Waals surface area (Å²) in [6.07, 6.45) is 3.81. The first-order valence-electron chi connectivity index (χ1n) is 12.8. The molecule has 1 N–H and O–H groups in total. The molecule has 1 unspecified atom stereocenters. The summed E-state index contributed by atoms with van der Waals surface area (Å²) in [5, 5.41) is 11.5. The van der Waals surface area contributed by atoms with E-state index < -0.39 is 23.7 Å². The van der Waals surface area contributed by atoms with E-state index in [1.54, 1.807) is 55.6 Å². The number of aliphatic hydroxyl groups excluding tert-OH is 1. The molecular formula is C30H30N2O7. The molecule has 9 nitrogen and oxygen atoms in total. The largest absolute Gasteiger partial charge is 0.507 e. The molecule has 0 saturated carbocycles. The van der Waals surface area contributed by atoms with Gasteiger partial charge in [-0.15, -0.1) is 0 Å². The summed E-state index contributed by atoms with van der Waals surface area (Å²) in [5.41, 5.74) is 1.35. The van der Waals surface area contributed by atoms with Crippen LogP contribution >= 0.6 is 0 Å². The van der Waals surface area contributed by atoms with Crippen LogP contribution in [0.25, 0.3) is 5.76 Å². The summed E-state index contributed by atoms with van der Waals surface area (Å²) in [5.74, 6) is -1.68. The molecule has 39 heavy (non-hydrogen) atoms. The Kier molecular flexibility index (Phi) is 8.60. The molecule has 1 aliphatic rings. The molecular weight excluding hydrogens is 500 g/mol. The summed E-state index contributed by atoms with van der Waals surface area (Å²) in [4.78, 5) is 44.6. The summed E-state index contributed by atoms with van der Waals surface area (Å²) >= 11 is 0. The molecule has 1 amide bonds. The van der Waals surface area contributed by atoms with Crippen molar-refractivity contribution in [2.45, 2.75) is 33.2 Å². The number of aromatic nitrogens is 1. The van der Waals surface area contributed by atoms with Gasteiger partial charge in [-0.3, -0.25) is 19.5 Å². The highest BCUT2D eigenvalue weighted by Crippen LogP contribution is 2.43. The molecule has 1 atom stereocenters. The fraction of sp³-hybridized carbons (Fsp3) is 0.267. The van der Waals surface area contributed by atoms with Crippen LogP contribution in [0.5, 0.6) is 11.5 Å². The number of aliphatic hydroxyl groups is 1. The number of esters is 1. The standard InChI is InChI=1S/C30H30N2O7/c1-4-16-39-30(36)19-9-11-21(12-10-19)32-26(20-8-7-15-31-18-20)25(28(34)29(32)35)27(33)23-14-13-22(37-5-2)17-24(23)38-6-3/h7-15,17-18,26,33H,4-6,16H2,1-3H3/b27-25-. The first-order valence-corrected chi connectivity index (χ1v) is 12.8. The van der Waals surface area contributed by atoms with Gasteiger partial charge in [-0.05, 0) is 68.3 Å². The van der Waals surface area contributed by atoms with Crippen LogP contribution in [-0.2, 0) is 14.3 Å². The molecule has 2 aromatic carbocycles. The van der Waals surface area contributed by atoms with Gasteiger partial charge in [0.2, 0.25) is 0 Å². The molecule has 1 saturated heterocycles. The Morgan fingerprint density at radius 3 is 2.38 bits per heavy atom. The second-order valence-electron chi connectivity index (χ2n) is 8.66. The normalized spacial score (nSPS) is 16.3. The van der Waals surface area contributed by atoms with Gasteiger partial charge >= 0.3 is 5.97 Å². The minimum atomic E-state index is -0.974. The summed E-state index contributed by atoms with van der Waals surface area (Å²) in [6.45, 7) is 6.60. The van der Waals surface area contributed by atoms with Gasteiger partial charge in [0, 0.05) is 24.1 Å². The Hall–Kier alpha value is -4.66. The zero-order valence-corrected chi connectivity index (χ0v) is 22.0. The van der Waals surface area contributed by atoms with Gasteiger partial charge in [0.1, 0.15) is 17.3 Å². The third kappa shape index (κ3) is 5.62. The van der Waals surface area contributed by atoms with E-state index in [0.29, 0.717) is 54.6 Å². The maximum atomic E-state index is 13.5. The number of nitrogens with zero attached hydrogens (tertiary/aromatic N) is 2. The number of pyridine rings is 1. The number of ketones is 1. The van der Waals surface area contributed by atoms with Crippen LogP contribution in [0.15, 0.2) is 72.6 Å². The van der Waals surface area contributed by atoms with Crippen LogP contribution in [0.2, 0.25) is 0 Å². The van der Waals surface area contributed by atoms with Crippen molar-refractivity contribution in [2.24, 2.45) is 0 Å². The van der Waals surface area contributed by atoms with Crippen LogP contribution < -0.4 is 14.4 Å². The molecule has 1 fully saturated rings. The minimum Gasteiger partial charge on any atom is -0.507 e. The number of benzene rings is 2. The highest BCUT2D eigenvalue weighted by molar-refractivity contribution is 6.51. The molecule has 0 spiro atoms. The fourth-order valence-corrected chi connectivity index (χ4v) is 4.36. The summed E-state index contributed by atoms with van der Waals surface area (Å²) in [7, 11) is 0. The number of anilines is 1. The lowest BCUT2D eigenvalue weighted by molar-refractivity contribution is -0.132. The number of rotatable bonds is 10. The molecule has 0 aliphatic carbocycles. The summed E-state index contributed by atoms with van der Waals surface area (Å²) < 4.78 is 16.5. The first kappa shape index (κ1) is 27.4. The second kappa shape index (κ2) is 12.3. The van der Waals surface area contributed by atoms with E-state index >= 15 is 0 Å². The predicted octanol–water partition coefficient (Wildman–Crippen LogP) is 5.07. The van der Waals surface area contributed by atoms with Crippen LogP contribution in [0, 0.1) is 0 Å². The maximum absolute atomic E-state index is 13.5. The van der Waals surface area contributed by atoms with Gasteiger partial charge in [0.15, 0.2) is 0 Å². The number of hydrogen-bond donors (Lipinski definition) is 1. The highest BCUT2D eigenvalue weighted by atomic mass is 16.5. The van der Waals surface area contributed by atoms with Gasteiger partial charge < -0.3 is 19.3 Å². The molecule has 1 aromatic heterocycles. The Labute approximate surface area is 226 Å². The van der Waals surface area contributed by atoms with Crippen molar-refractivity contribution in [2.75, 3.05) is 24.7 Å². The zero-order valence-electron chi connectivity index (χ0n) is 22.0. The average Bonchev–Trinajstić information content (AvgIpc) is 3.22. The van der Waals surface area contributed by atoms with Crippen molar-refractivity contribution < 1.29 is 33.7 Å². The molecule has 202 valence electrons. The lowest BCUT2D eigenvalue weighted by Crippen LogP contribution is -2.29. The zero-order chi connectivity index (χ0) is 27.9. The predicted molar refractivity (Wildman–Crippen MR) is 145 cm³/mol. The van der Waals surface area contributed by atoms with Crippen LogP contribution in [0.1, 0.15) is 54.7 Å². The van der Waals surface area contributed by atoms with Crippen LogP contribution in [0.3, 0.4) is 0 Å². The molecule has 0 radical (unpaired) electrons. The number of Topliss-reactive ketones (excluding diaryl/α,β-unsaturated/α-hetero) is 1. The number of ether oxygens (including phenoxy) is 3. The quantitative estimate of drug-likeness (QED) is 0.167. The van der Waals surface area contributed by atoms with Crippen molar-refractivity contribution in [3.05, 3.63) is 89.3 Å². The Balaban J connectivity index is 1.83. The van der Waals surface area contributed by atoms with Crippen molar-refractivity contribution in [1.29, 1.82) is 0 Å². The molecule has 0 bridgehead atoms. The van der Waals surface area contributed by atoms with Crippen molar-refractivity contribution in [3.8, 4) is 11.5 Å². The molecule has 9 heteroatoms. The topological polar surface area (TPSA) is 115 Å². The van der Waals surface area contributed by atoms with E-state index in [1.165, 1.54) is 23.2 Å². The van der Waals surface area contributed by atoms with Gasteiger partial charge in [0.05, 0.1) is 42.6 Å². The Morgan fingerprint density at radius 2 is 1.74 bits per heavy atom. The second-order valence-corrected chi connectivity index (χ2v) is 8.66. The van der Waals surface area contributed by atoms with Crippen molar-refractivity contribution in [3.63, 3.8) is 0 Å². The van der Waals surface area contributed by atoms with Crippen LogP contribution in [-0.4, -0.2) is 47.6 Å². The van der Waals surface area contributed by atoms with E-state index in [-0.39, 0.29) is 16.9 Å². The molecule has 1 aliphatic heterocycles. The van der Waals surface area contributed by atoms with Gasteiger partial charge in [-0.25, -0.2) is 4.79 Å². The minimum absolute atomic E-state index is 0.107. The third-order valence-electron chi connectivity index (χ3n) is 6.08. The highest BCUT2D eigenvalue weighted by Gasteiger charge is 2.47. The van der Waals surface area contributed by atoms with E-state index in [1.807, 2.05) is 13.8 Å². The number of carbonyl (C=O) groups excluding carboxylic acids is 3. The van der Waals surface area contributed by atoms with E-state index in [0.717, 1.165) is 0 Å². The first-order chi connectivity index (χ1) is 18.9. The Morgan fingerprint density at radius 1 is 1.00 bits per heavy atom. The monoisotopic (exact) mass is 530 g/mol. The number of hydrogen-bond acceptors (Lipinski definition) is 8. The Bertz CT molecular complexity index is 1380. The summed E-state index contributed by atoms with van der Waals surface area (Å²) in [6, 6.07) is 13.5. The molecule has 2 heterocycles. The molecule has 3 aromatic rings. The van der Waals surface area contributed by atoms with Gasteiger partial charge in [-0.2, -0.15) is 0 Å². The van der Waals surface area contributed by atoms with Crippen LogP contribution in [0.4, 0.5) is 5.69 Å². The smallest absolute Gasteiger partial charge is 0.338 e. The number of carbonyl (C=O) groups is 3. The lowest BCUT2D eigenvalue weighted by Gasteiger charge is -2.25. The van der Waals surface area contributed by atoms with E-state index in [4.69, 9.17) is 14.2 Å². The third-order valence-corrected chi connectivity index (χ3v) is 6.08. The lowest BCUT2D eigenvalue weighted by atomic mass is 9.95. The SMILES string of the molecule is CCCOC(=O)c1ccc(N2C(=O)C(=O)/C(=C(\O)c3ccc(OCC)cc3OCC)C2c2cccnc2)cc1. The maximum Gasteiger partial charge on any atom is 0.338 e. The van der Waals surface area contributed by atoms with E-state index in [2.05, 4.69) is 4.98 Å². The average molecular weight is 531 g/mol. The number of amides is 1. The fourth-order valence-electron chi connectivity index (χ4n) is 4.36. The van der Waals surface area contributed by atoms with Crippen molar-refractivity contribution >= 4 is 29.1 Å². The molecule has 4 rings (SSSR count). The van der Waals surface area contributed by atoms with Gasteiger partial charge in [0.25, 0.3) is 11.7 Å². The van der Waals surface area contributed by atoms with Gasteiger partial charge in [-0.1, -0.05) is 13.0 Å².